The van der Waals surface area contributed by atoms with E-state index >= 15 is 0 Å². The lowest BCUT2D eigenvalue weighted by Crippen LogP contribution is -2.24. The molecule has 1 aliphatic rings. The van der Waals surface area contributed by atoms with Crippen molar-refractivity contribution in [3.05, 3.63) is 24.1 Å². The molecule has 2 aromatic heterocycles. The average molecular weight is 354 g/mol. The highest BCUT2D eigenvalue weighted by Crippen LogP contribution is 2.43. The maximum absolute atomic E-state index is 12.0. The predicted octanol–water partition coefficient (Wildman–Crippen LogP) is 4.15. The minimum atomic E-state index is -0.577. The fourth-order valence-corrected chi connectivity index (χ4v) is 4.64. The number of hydrogen-bond donors (Lipinski definition) is 0. The van der Waals surface area contributed by atoms with Crippen molar-refractivity contribution in [1.29, 1.82) is 0 Å². The fourth-order valence-electron chi connectivity index (χ4n) is 1.94. The molecule has 0 atom stereocenters. The van der Waals surface area contributed by atoms with Crippen molar-refractivity contribution >= 4 is 29.5 Å². The van der Waals surface area contributed by atoms with Crippen LogP contribution in [0.4, 0.5) is 0 Å². The topological polar surface area (TPSA) is 78.4 Å². The Bertz CT molecular complexity index is 684. The standard InChI is InChI=1S/C15H18N2O4S2/c1-15(2,3)21-13(18)10-8-19-11(17-10)9-7-20-12(16-9)14-22-5-4-6-23-14/h7-8,14H,4-6H2,1-3H3. The van der Waals surface area contributed by atoms with Crippen molar-refractivity contribution in [2.45, 2.75) is 37.4 Å². The van der Waals surface area contributed by atoms with Crippen LogP contribution in [0.5, 0.6) is 0 Å². The quantitative estimate of drug-likeness (QED) is 0.761. The first-order chi connectivity index (χ1) is 10.9. The van der Waals surface area contributed by atoms with Crippen molar-refractivity contribution in [2.24, 2.45) is 0 Å². The van der Waals surface area contributed by atoms with Crippen LogP contribution in [0, 0.1) is 0 Å². The molecule has 3 rings (SSSR count). The summed E-state index contributed by atoms with van der Waals surface area (Å²) in [5, 5.41) is 0. The van der Waals surface area contributed by atoms with Crippen molar-refractivity contribution in [3.8, 4) is 11.6 Å². The maximum atomic E-state index is 12.0. The Morgan fingerprint density at radius 3 is 2.65 bits per heavy atom. The third-order valence-corrected chi connectivity index (χ3v) is 5.76. The molecule has 0 N–H and O–H groups in total. The van der Waals surface area contributed by atoms with Gasteiger partial charge >= 0.3 is 5.97 Å². The SMILES string of the molecule is CC(C)(C)OC(=O)c1coc(-c2coc(C3SCCCS3)n2)n1. The van der Waals surface area contributed by atoms with Crippen LogP contribution >= 0.6 is 23.5 Å². The molecule has 2 aromatic rings. The number of nitrogens with zero attached hydrogens (tertiary/aromatic N) is 2. The second kappa shape index (κ2) is 6.60. The van der Waals surface area contributed by atoms with Crippen LogP contribution in [-0.4, -0.2) is 33.0 Å². The van der Waals surface area contributed by atoms with E-state index in [1.165, 1.54) is 18.9 Å². The molecular formula is C15H18N2O4S2. The number of carbonyl (C=O) groups is 1. The lowest BCUT2D eigenvalue weighted by molar-refractivity contribution is 0.00629. The van der Waals surface area contributed by atoms with Crippen molar-refractivity contribution < 1.29 is 18.4 Å². The fraction of sp³-hybridized carbons (Fsp3) is 0.533. The van der Waals surface area contributed by atoms with Crippen LogP contribution in [0.1, 0.15) is 48.2 Å². The lowest BCUT2D eigenvalue weighted by Gasteiger charge is -2.18. The van der Waals surface area contributed by atoms with Crippen LogP contribution in [-0.2, 0) is 4.74 Å². The van der Waals surface area contributed by atoms with Gasteiger partial charge in [0.15, 0.2) is 11.4 Å². The third-order valence-electron chi connectivity index (χ3n) is 2.88. The van der Waals surface area contributed by atoms with E-state index < -0.39 is 11.6 Å². The van der Waals surface area contributed by atoms with Gasteiger partial charge in [0.25, 0.3) is 0 Å². The molecule has 1 aliphatic heterocycles. The number of thioether (sulfide) groups is 2. The van der Waals surface area contributed by atoms with Crippen molar-refractivity contribution in [1.82, 2.24) is 9.97 Å². The Morgan fingerprint density at radius 1 is 1.22 bits per heavy atom. The van der Waals surface area contributed by atoms with Crippen LogP contribution in [0.15, 0.2) is 21.4 Å². The molecule has 8 heteroatoms. The van der Waals surface area contributed by atoms with E-state index in [-0.39, 0.29) is 16.2 Å². The summed E-state index contributed by atoms with van der Waals surface area (Å²) in [7, 11) is 0. The molecule has 1 saturated heterocycles. The van der Waals surface area contributed by atoms with Gasteiger partial charge < -0.3 is 13.6 Å². The maximum Gasteiger partial charge on any atom is 0.360 e. The molecule has 0 aromatic carbocycles. The van der Waals surface area contributed by atoms with Crippen LogP contribution in [0.3, 0.4) is 0 Å². The van der Waals surface area contributed by atoms with E-state index in [0.717, 1.165) is 11.5 Å². The molecule has 0 saturated carbocycles. The van der Waals surface area contributed by atoms with Gasteiger partial charge in [-0.3, -0.25) is 0 Å². The van der Waals surface area contributed by atoms with Gasteiger partial charge in [0, 0.05) is 0 Å². The van der Waals surface area contributed by atoms with E-state index in [1.54, 1.807) is 20.8 Å². The van der Waals surface area contributed by atoms with E-state index in [4.69, 9.17) is 13.6 Å². The van der Waals surface area contributed by atoms with Crippen LogP contribution < -0.4 is 0 Å². The second-order valence-electron chi connectivity index (χ2n) is 6.04. The highest BCUT2D eigenvalue weighted by molar-refractivity contribution is 8.16. The van der Waals surface area contributed by atoms with Gasteiger partial charge in [-0.25, -0.2) is 14.8 Å². The minimum Gasteiger partial charge on any atom is -0.455 e. The zero-order chi connectivity index (χ0) is 16.4. The summed E-state index contributed by atoms with van der Waals surface area (Å²) < 4.78 is 16.3. The summed E-state index contributed by atoms with van der Waals surface area (Å²) in [6, 6.07) is 0. The van der Waals surface area contributed by atoms with Gasteiger partial charge in [-0.2, -0.15) is 0 Å². The minimum absolute atomic E-state index is 0.126. The first-order valence-corrected chi connectivity index (χ1v) is 9.40. The molecule has 3 heterocycles. The van der Waals surface area contributed by atoms with Crippen molar-refractivity contribution in [3.63, 3.8) is 0 Å². The molecule has 1 fully saturated rings. The average Bonchev–Trinajstić information content (AvgIpc) is 3.16. The largest absolute Gasteiger partial charge is 0.455 e. The predicted molar refractivity (Wildman–Crippen MR) is 89.4 cm³/mol. The first-order valence-electron chi connectivity index (χ1n) is 7.30. The second-order valence-corrected chi connectivity index (χ2v) is 8.76. The molecule has 6 nitrogen and oxygen atoms in total. The highest BCUT2D eigenvalue weighted by Gasteiger charge is 2.25. The molecular weight excluding hydrogens is 336 g/mol. The molecule has 0 bridgehead atoms. The Kier molecular flexibility index (Phi) is 4.72. The van der Waals surface area contributed by atoms with E-state index in [0.29, 0.717) is 11.6 Å². The molecule has 0 spiro atoms. The molecule has 124 valence electrons. The molecule has 0 radical (unpaired) electrons. The number of carbonyl (C=O) groups excluding carboxylic acids is 1. The zero-order valence-electron chi connectivity index (χ0n) is 13.2. The number of rotatable bonds is 3. The number of oxazole rings is 2. The summed E-state index contributed by atoms with van der Waals surface area (Å²) in [6.07, 6.45) is 4.00. The summed E-state index contributed by atoms with van der Waals surface area (Å²) in [6.45, 7) is 5.40. The smallest absolute Gasteiger partial charge is 0.360 e. The molecule has 0 amide bonds. The summed E-state index contributed by atoms with van der Waals surface area (Å²) in [4.78, 5) is 20.5. The zero-order valence-corrected chi connectivity index (χ0v) is 14.8. The van der Waals surface area contributed by atoms with E-state index in [2.05, 4.69) is 9.97 Å². The van der Waals surface area contributed by atoms with Crippen LogP contribution in [0.2, 0.25) is 0 Å². The third kappa shape index (κ3) is 4.11. The normalized spacial score (nSPS) is 16.5. The van der Waals surface area contributed by atoms with Crippen molar-refractivity contribution in [2.75, 3.05) is 11.5 Å². The van der Waals surface area contributed by atoms with Gasteiger partial charge in [0.1, 0.15) is 22.7 Å². The first kappa shape index (κ1) is 16.4. The lowest BCUT2D eigenvalue weighted by atomic mass is 10.2. The summed E-state index contributed by atoms with van der Waals surface area (Å²) in [5.74, 6) is 2.61. The molecule has 0 aliphatic carbocycles. The number of aromatic nitrogens is 2. The monoisotopic (exact) mass is 354 g/mol. The molecule has 23 heavy (non-hydrogen) atoms. The molecule has 0 unspecified atom stereocenters. The van der Waals surface area contributed by atoms with Gasteiger partial charge in [-0.15, -0.1) is 23.5 Å². The van der Waals surface area contributed by atoms with Gasteiger partial charge in [-0.1, -0.05) is 0 Å². The number of esters is 1. The van der Waals surface area contributed by atoms with Crippen LogP contribution in [0.25, 0.3) is 11.6 Å². The van der Waals surface area contributed by atoms with E-state index in [9.17, 15) is 4.79 Å². The van der Waals surface area contributed by atoms with Gasteiger partial charge in [0.2, 0.25) is 11.8 Å². The summed E-state index contributed by atoms with van der Waals surface area (Å²) >= 11 is 3.65. The number of ether oxygens (including phenoxy) is 1. The summed E-state index contributed by atoms with van der Waals surface area (Å²) in [5.41, 5.74) is 0.0367. The Hall–Kier alpha value is -1.41. The van der Waals surface area contributed by atoms with Gasteiger partial charge in [-0.05, 0) is 38.7 Å². The Morgan fingerprint density at radius 2 is 1.96 bits per heavy atom. The van der Waals surface area contributed by atoms with E-state index in [1.807, 2.05) is 23.5 Å². The van der Waals surface area contributed by atoms with Gasteiger partial charge in [0.05, 0.1) is 0 Å². The Labute approximate surface area is 142 Å². The highest BCUT2D eigenvalue weighted by atomic mass is 32.2. The Balaban J connectivity index is 1.73. The number of hydrogen-bond acceptors (Lipinski definition) is 8.